The summed E-state index contributed by atoms with van der Waals surface area (Å²) in [6.45, 7) is 3.85. The number of carbonyl (C=O) groups excluding carboxylic acids is 1. The van der Waals surface area contributed by atoms with Gasteiger partial charge in [-0.05, 0) is 12.8 Å². The van der Waals surface area contributed by atoms with Crippen molar-refractivity contribution in [2.75, 3.05) is 13.2 Å². The van der Waals surface area contributed by atoms with E-state index in [-0.39, 0.29) is 12.5 Å². The molecule has 54 heavy (non-hydrogen) atoms. The van der Waals surface area contributed by atoms with Crippen molar-refractivity contribution >= 4 is 5.91 Å². The van der Waals surface area contributed by atoms with E-state index in [4.69, 9.17) is 9.47 Å². The van der Waals surface area contributed by atoms with Crippen LogP contribution in [0.1, 0.15) is 226 Å². The van der Waals surface area contributed by atoms with Crippen LogP contribution in [0.15, 0.2) is 0 Å². The number of ether oxygens (including phenoxy) is 2. The van der Waals surface area contributed by atoms with Crippen LogP contribution in [0.4, 0.5) is 0 Å². The highest BCUT2D eigenvalue weighted by Crippen LogP contribution is 2.23. The number of unbranched alkanes of at least 4 members (excludes halogenated alkanes) is 29. The Bertz CT molecular complexity index is 817. The molecular weight excluding hydrogens is 682 g/mol. The lowest BCUT2D eigenvalue weighted by molar-refractivity contribution is -0.302. The molecule has 1 heterocycles. The number of aliphatic hydroxyl groups excluding tert-OH is 5. The Morgan fingerprint density at radius 2 is 0.926 bits per heavy atom. The van der Waals surface area contributed by atoms with Gasteiger partial charge in [0.15, 0.2) is 6.29 Å². The molecule has 7 atom stereocenters. The lowest BCUT2D eigenvalue weighted by Crippen LogP contribution is -2.60. The minimum absolute atomic E-state index is 0.132. The Hall–Kier alpha value is -0.810. The summed E-state index contributed by atoms with van der Waals surface area (Å²) in [6, 6.07) is -0.711. The number of carbonyl (C=O) groups is 1. The van der Waals surface area contributed by atoms with E-state index in [0.717, 1.165) is 38.5 Å². The molecule has 0 radical (unpaired) electrons. The van der Waals surface area contributed by atoms with Gasteiger partial charge in [-0.25, -0.2) is 0 Å². The lowest BCUT2D eigenvalue weighted by atomic mass is 9.99. The van der Waals surface area contributed by atoms with Crippen molar-refractivity contribution in [2.24, 2.45) is 0 Å². The summed E-state index contributed by atoms with van der Waals surface area (Å²) in [5, 5.41) is 54.3. The maximum atomic E-state index is 13.0. The summed E-state index contributed by atoms with van der Waals surface area (Å²) >= 11 is 0. The molecule has 0 spiro atoms. The van der Waals surface area contributed by atoms with E-state index >= 15 is 0 Å². The molecule has 9 nitrogen and oxygen atoms in total. The summed E-state index contributed by atoms with van der Waals surface area (Å²) < 4.78 is 11.3. The zero-order chi connectivity index (χ0) is 39.5. The average molecular weight is 772 g/mol. The highest BCUT2D eigenvalue weighted by molar-refractivity contribution is 5.76. The van der Waals surface area contributed by atoms with Gasteiger partial charge in [-0.1, -0.05) is 206 Å². The Balaban J connectivity index is 2.31. The van der Waals surface area contributed by atoms with Crippen LogP contribution in [-0.2, 0) is 14.3 Å². The molecule has 1 aliphatic rings. The molecule has 1 rings (SSSR count). The van der Waals surface area contributed by atoms with Gasteiger partial charge in [-0.15, -0.1) is 0 Å². The monoisotopic (exact) mass is 772 g/mol. The summed E-state index contributed by atoms with van der Waals surface area (Å²) in [4.78, 5) is 13.0. The van der Waals surface area contributed by atoms with Crippen LogP contribution in [-0.4, -0.2) is 87.5 Å². The first kappa shape index (κ1) is 51.2. The van der Waals surface area contributed by atoms with Crippen molar-refractivity contribution in [3.63, 3.8) is 0 Å². The van der Waals surface area contributed by atoms with Crippen molar-refractivity contribution in [1.82, 2.24) is 5.32 Å². The van der Waals surface area contributed by atoms with Crippen molar-refractivity contribution in [3.8, 4) is 0 Å². The molecule has 0 aliphatic carbocycles. The van der Waals surface area contributed by atoms with Gasteiger partial charge in [-0.3, -0.25) is 4.79 Å². The van der Waals surface area contributed by atoms with E-state index in [1.54, 1.807) is 0 Å². The maximum absolute atomic E-state index is 13.0. The van der Waals surface area contributed by atoms with Crippen LogP contribution < -0.4 is 5.32 Å². The molecule has 9 heteroatoms. The predicted octanol–water partition coefficient (Wildman–Crippen LogP) is 9.56. The number of hydrogen-bond donors (Lipinski definition) is 6. The molecule has 322 valence electrons. The molecule has 6 N–H and O–H groups in total. The van der Waals surface area contributed by atoms with Gasteiger partial charge in [-0.2, -0.15) is 0 Å². The molecule has 1 saturated heterocycles. The van der Waals surface area contributed by atoms with Crippen LogP contribution in [0, 0.1) is 0 Å². The average Bonchev–Trinajstić information content (AvgIpc) is 3.17. The van der Waals surface area contributed by atoms with Gasteiger partial charge >= 0.3 is 0 Å². The molecule has 0 aromatic heterocycles. The van der Waals surface area contributed by atoms with Gasteiger partial charge in [0.05, 0.1) is 25.4 Å². The molecule has 1 amide bonds. The highest BCUT2D eigenvalue weighted by Gasteiger charge is 2.44. The molecule has 0 bridgehead atoms. The second-order valence-electron chi connectivity index (χ2n) is 16.6. The quantitative estimate of drug-likeness (QED) is 0.0339. The Labute approximate surface area is 332 Å². The zero-order valence-corrected chi connectivity index (χ0v) is 35.3. The fourth-order valence-corrected chi connectivity index (χ4v) is 7.69. The summed E-state index contributed by atoms with van der Waals surface area (Å²) in [5.41, 5.74) is 0. The first-order valence-corrected chi connectivity index (χ1v) is 23.2. The number of rotatable bonds is 39. The van der Waals surface area contributed by atoms with Crippen molar-refractivity contribution in [2.45, 2.75) is 269 Å². The summed E-state index contributed by atoms with van der Waals surface area (Å²) in [7, 11) is 0. The van der Waals surface area contributed by atoms with E-state index in [9.17, 15) is 30.3 Å². The molecule has 1 aliphatic heterocycles. The number of nitrogens with one attached hydrogen (secondary N) is 1. The highest BCUT2D eigenvalue weighted by atomic mass is 16.7. The molecule has 0 aromatic carbocycles. The van der Waals surface area contributed by atoms with Gasteiger partial charge < -0.3 is 40.3 Å². The number of hydrogen-bond acceptors (Lipinski definition) is 8. The first-order chi connectivity index (χ1) is 26.3. The Kier molecular flexibility index (Phi) is 34.6. The van der Waals surface area contributed by atoms with Gasteiger partial charge in [0.1, 0.15) is 24.4 Å². The lowest BCUT2D eigenvalue weighted by Gasteiger charge is -2.40. The normalized spacial score (nSPS) is 21.4. The second-order valence-corrected chi connectivity index (χ2v) is 16.6. The third-order valence-corrected chi connectivity index (χ3v) is 11.5. The smallest absolute Gasteiger partial charge is 0.220 e. The van der Waals surface area contributed by atoms with E-state index < -0.39 is 49.5 Å². The topological polar surface area (TPSA) is 149 Å². The van der Waals surface area contributed by atoms with Gasteiger partial charge in [0.25, 0.3) is 0 Å². The minimum Gasteiger partial charge on any atom is -0.394 e. The van der Waals surface area contributed by atoms with Crippen LogP contribution >= 0.6 is 0 Å². The van der Waals surface area contributed by atoms with Gasteiger partial charge in [0.2, 0.25) is 5.91 Å². The number of amides is 1. The summed E-state index contributed by atoms with van der Waals surface area (Å²) in [5.74, 6) is -0.140. The molecule has 1 fully saturated rings. The molecular formula is C45H89NO8. The maximum Gasteiger partial charge on any atom is 0.220 e. The number of aliphatic hydroxyl groups is 5. The van der Waals surface area contributed by atoms with Gasteiger partial charge in [0, 0.05) is 6.42 Å². The van der Waals surface area contributed by atoms with Crippen LogP contribution in [0.2, 0.25) is 0 Å². The van der Waals surface area contributed by atoms with Crippen molar-refractivity contribution < 1.29 is 39.8 Å². The van der Waals surface area contributed by atoms with E-state index in [0.29, 0.717) is 12.8 Å². The third kappa shape index (κ3) is 26.9. The molecule has 2 unspecified atom stereocenters. The molecule has 0 saturated carbocycles. The Morgan fingerprint density at radius 3 is 1.31 bits per heavy atom. The predicted molar refractivity (Wildman–Crippen MR) is 221 cm³/mol. The van der Waals surface area contributed by atoms with E-state index in [1.807, 2.05) is 0 Å². The first-order valence-electron chi connectivity index (χ1n) is 23.2. The zero-order valence-electron chi connectivity index (χ0n) is 35.3. The largest absolute Gasteiger partial charge is 0.394 e. The fourth-order valence-electron chi connectivity index (χ4n) is 7.69. The van der Waals surface area contributed by atoms with Crippen molar-refractivity contribution in [1.29, 1.82) is 0 Å². The standard InChI is InChI=1S/C45H89NO8/c1-3-5-7-9-11-13-15-17-19-21-23-25-27-29-31-33-35-41(49)46-38(37-53-45-44(52)43(51)42(50)40(36-47)54-45)39(48)34-32-30-28-26-24-22-20-18-16-14-12-10-8-6-4-2/h38-40,42-45,47-48,50-52H,3-37H2,1-2H3,(H,46,49)/t38-,39+,40+,42+,43?,44?,45+/m0/s1. The third-order valence-electron chi connectivity index (χ3n) is 11.5. The van der Waals surface area contributed by atoms with Crippen LogP contribution in [0.25, 0.3) is 0 Å². The van der Waals surface area contributed by atoms with Crippen LogP contribution in [0.3, 0.4) is 0 Å². The summed E-state index contributed by atoms with van der Waals surface area (Å²) in [6.07, 6.45) is 32.4. The van der Waals surface area contributed by atoms with E-state index in [1.165, 1.54) is 161 Å². The van der Waals surface area contributed by atoms with Crippen LogP contribution in [0.5, 0.6) is 0 Å². The Morgan fingerprint density at radius 1 is 0.556 bits per heavy atom. The SMILES string of the molecule is CCCCCCCCCCCCCCCCCCC(=O)N[C@@H](CO[C@@H]1O[C@H](CO)[C@@H](O)C(O)C1O)[C@H](O)CCCCCCCCCCCCCCCCC. The fraction of sp³-hybridized carbons (Fsp3) is 0.978. The molecule has 0 aromatic rings. The minimum atomic E-state index is -1.55. The second kappa shape index (κ2) is 36.5. The van der Waals surface area contributed by atoms with Crippen molar-refractivity contribution in [3.05, 3.63) is 0 Å². The van der Waals surface area contributed by atoms with E-state index in [2.05, 4.69) is 19.2 Å².